The van der Waals surface area contributed by atoms with Gasteiger partial charge < -0.3 is 9.47 Å². The largest absolute Gasteiger partial charge is 0.355 e. The number of benzene rings is 1. The molecule has 1 aliphatic rings. The van der Waals surface area contributed by atoms with Gasteiger partial charge in [0, 0.05) is 0 Å². The van der Waals surface area contributed by atoms with Gasteiger partial charge in [0.05, 0.1) is 12.2 Å². The third-order valence-corrected chi connectivity index (χ3v) is 3.87. The van der Waals surface area contributed by atoms with Gasteiger partial charge in [-0.1, -0.05) is 48.5 Å². The molecule has 1 saturated heterocycles. The van der Waals surface area contributed by atoms with Gasteiger partial charge in [-0.3, -0.25) is 0 Å². The lowest BCUT2D eigenvalue weighted by atomic mass is 9.33. The lowest BCUT2D eigenvalue weighted by Crippen LogP contribution is -2.60. The van der Waals surface area contributed by atoms with Crippen molar-refractivity contribution in [2.45, 2.75) is 71.2 Å². The zero-order chi connectivity index (χ0) is 14.6. The molecule has 1 aromatic rings. The molecule has 1 aromatic carbocycles. The van der Waals surface area contributed by atoms with E-state index >= 15 is 0 Å². The van der Waals surface area contributed by atoms with Crippen molar-refractivity contribution in [1.82, 2.24) is 0 Å². The molecule has 0 saturated carbocycles. The van der Waals surface area contributed by atoms with Gasteiger partial charge in [-0.05, 0) is 40.5 Å². The molecule has 0 spiro atoms. The monoisotopic (exact) mass is 274 g/mol. The fourth-order valence-corrected chi connectivity index (χ4v) is 3.33. The Morgan fingerprint density at radius 2 is 1.55 bits per heavy atom. The van der Waals surface area contributed by atoms with Crippen LogP contribution in [-0.4, -0.2) is 24.6 Å². The van der Waals surface area contributed by atoms with Crippen LogP contribution >= 0.6 is 0 Å². The fourth-order valence-electron chi connectivity index (χ4n) is 3.33. The van der Waals surface area contributed by atoms with Gasteiger partial charge in [0.15, 0.2) is 0 Å². The van der Waals surface area contributed by atoms with Crippen molar-refractivity contribution in [3.63, 3.8) is 0 Å². The summed E-state index contributed by atoms with van der Waals surface area (Å²) in [6.07, 6.45) is 4.93. The van der Waals surface area contributed by atoms with Crippen molar-refractivity contribution in [3.8, 4) is 0 Å². The lowest BCUT2D eigenvalue weighted by molar-refractivity contribution is -0.224. The van der Waals surface area contributed by atoms with E-state index in [1.165, 1.54) is 18.3 Å². The average molecular weight is 274 g/mol. The Hall–Kier alpha value is -0.795. The van der Waals surface area contributed by atoms with Crippen LogP contribution in [0.2, 0.25) is 6.32 Å². The standard InChI is InChI=1S/C17H27BO2/c1-14(2)19-17(20-15(3)4)12-8-9-13-18(17)16-10-6-5-7-11-16/h5-7,10-11,14-15H,8-9,12-13H2,1-4H3. The van der Waals surface area contributed by atoms with Crippen LogP contribution in [-0.2, 0) is 9.47 Å². The van der Waals surface area contributed by atoms with Gasteiger partial charge in [0.1, 0.15) is 5.69 Å². The predicted octanol–water partition coefficient (Wildman–Crippen LogP) is 3.66. The maximum atomic E-state index is 6.33. The molecule has 3 heteroatoms. The second-order valence-corrected chi connectivity index (χ2v) is 6.35. The highest BCUT2D eigenvalue weighted by molar-refractivity contribution is 6.75. The second-order valence-electron chi connectivity index (χ2n) is 6.35. The molecule has 2 nitrogen and oxygen atoms in total. The number of rotatable bonds is 5. The average Bonchev–Trinajstić information content (AvgIpc) is 2.38. The van der Waals surface area contributed by atoms with Gasteiger partial charge in [0.25, 0.3) is 0 Å². The molecule has 0 radical (unpaired) electrons. The van der Waals surface area contributed by atoms with Crippen LogP contribution in [0.15, 0.2) is 30.3 Å². The van der Waals surface area contributed by atoms with Crippen LogP contribution in [0.5, 0.6) is 0 Å². The Kier molecular flexibility index (Phi) is 5.28. The van der Waals surface area contributed by atoms with Crippen molar-refractivity contribution < 1.29 is 9.47 Å². The van der Waals surface area contributed by atoms with Gasteiger partial charge in [-0.15, -0.1) is 0 Å². The summed E-state index contributed by atoms with van der Waals surface area (Å²) >= 11 is 0. The van der Waals surface area contributed by atoms with Gasteiger partial charge in [-0.2, -0.15) is 0 Å². The minimum Gasteiger partial charge on any atom is -0.355 e. The molecule has 0 bridgehead atoms. The molecule has 2 rings (SSSR count). The fraction of sp³-hybridized carbons (Fsp3) is 0.647. The van der Waals surface area contributed by atoms with Crippen molar-refractivity contribution in [3.05, 3.63) is 30.3 Å². The molecule has 0 aliphatic carbocycles. The molecule has 20 heavy (non-hydrogen) atoms. The van der Waals surface area contributed by atoms with Gasteiger partial charge >= 0.3 is 0 Å². The first-order valence-electron chi connectivity index (χ1n) is 7.94. The summed E-state index contributed by atoms with van der Waals surface area (Å²) in [4.78, 5) is 0. The Labute approximate surface area is 123 Å². The summed E-state index contributed by atoms with van der Waals surface area (Å²) in [5, 5.41) is 0. The molecular formula is C17H27BO2. The summed E-state index contributed by atoms with van der Waals surface area (Å²) in [7, 11) is 0. The molecule has 1 aliphatic heterocycles. The van der Waals surface area contributed by atoms with E-state index in [1.54, 1.807) is 0 Å². The first-order chi connectivity index (χ1) is 9.53. The Balaban J connectivity index is 2.33. The molecule has 0 aromatic heterocycles. The van der Waals surface area contributed by atoms with Gasteiger partial charge in [0.2, 0.25) is 6.71 Å². The van der Waals surface area contributed by atoms with E-state index in [2.05, 4.69) is 58.0 Å². The smallest absolute Gasteiger partial charge is 0.248 e. The summed E-state index contributed by atoms with van der Waals surface area (Å²) in [6.45, 7) is 8.73. The predicted molar refractivity (Wildman–Crippen MR) is 85.7 cm³/mol. The molecular weight excluding hydrogens is 247 g/mol. The molecule has 110 valence electrons. The SMILES string of the molecule is CC(C)OC1(OC(C)C)CCCCB1c1ccccc1. The summed E-state index contributed by atoms with van der Waals surface area (Å²) in [6, 6.07) is 10.7. The normalized spacial score (nSPS) is 18.8. The highest BCUT2D eigenvalue weighted by Crippen LogP contribution is 2.34. The molecule has 0 N–H and O–H groups in total. The number of hydrogen-bond acceptors (Lipinski definition) is 2. The minimum atomic E-state index is -0.456. The van der Waals surface area contributed by atoms with Crippen molar-refractivity contribution in [1.29, 1.82) is 0 Å². The summed E-state index contributed by atoms with van der Waals surface area (Å²) in [5.41, 5.74) is 0.885. The van der Waals surface area contributed by atoms with Crippen LogP contribution in [0.25, 0.3) is 0 Å². The van der Waals surface area contributed by atoms with E-state index in [4.69, 9.17) is 9.47 Å². The Morgan fingerprint density at radius 3 is 2.10 bits per heavy atom. The first-order valence-corrected chi connectivity index (χ1v) is 7.94. The topological polar surface area (TPSA) is 18.5 Å². The Bertz CT molecular complexity index is 393. The summed E-state index contributed by atoms with van der Waals surface area (Å²) in [5.74, 6) is 0. The van der Waals surface area contributed by atoms with E-state index in [-0.39, 0.29) is 12.2 Å². The quantitative estimate of drug-likeness (QED) is 0.602. The lowest BCUT2D eigenvalue weighted by Gasteiger charge is -2.44. The molecule has 0 amide bonds. The van der Waals surface area contributed by atoms with Crippen LogP contribution in [0, 0.1) is 0 Å². The van der Waals surface area contributed by atoms with Crippen LogP contribution in [0.1, 0.15) is 47.0 Å². The number of hydrogen-bond donors (Lipinski definition) is 0. The third kappa shape index (κ3) is 3.65. The van der Waals surface area contributed by atoms with Gasteiger partial charge in [-0.25, -0.2) is 0 Å². The van der Waals surface area contributed by atoms with Crippen molar-refractivity contribution in [2.24, 2.45) is 0 Å². The maximum absolute atomic E-state index is 6.33. The second kappa shape index (κ2) is 6.77. The number of ether oxygens (including phenoxy) is 2. The molecule has 1 heterocycles. The van der Waals surface area contributed by atoms with E-state index in [0.717, 1.165) is 12.7 Å². The van der Waals surface area contributed by atoms with Crippen LogP contribution in [0.3, 0.4) is 0 Å². The Morgan fingerprint density at radius 1 is 0.950 bits per heavy atom. The third-order valence-electron chi connectivity index (χ3n) is 3.87. The summed E-state index contributed by atoms with van der Waals surface area (Å²) < 4.78 is 12.7. The first kappa shape index (κ1) is 15.6. The molecule has 1 fully saturated rings. The molecule has 0 unspecified atom stereocenters. The van der Waals surface area contributed by atoms with E-state index in [9.17, 15) is 0 Å². The minimum absolute atomic E-state index is 0.179. The maximum Gasteiger partial charge on any atom is 0.248 e. The van der Waals surface area contributed by atoms with Crippen LogP contribution < -0.4 is 5.46 Å². The highest BCUT2D eigenvalue weighted by Gasteiger charge is 2.47. The zero-order valence-corrected chi connectivity index (χ0v) is 13.3. The van der Waals surface area contributed by atoms with E-state index in [0.29, 0.717) is 6.71 Å². The van der Waals surface area contributed by atoms with Crippen molar-refractivity contribution >= 4 is 12.2 Å². The van der Waals surface area contributed by atoms with Crippen molar-refractivity contribution in [2.75, 3.05) is 0 Å². The molecule has 0 atom stereocenters. The zero-order valence-electron chi connectivity index (χ0n) is 13.3. The highest BCUT2D eigenvalue weighted by atomic mass is 16.7. The van der Waals surface area contributed by atoms with E-state index < -0.39 is 5.69 Å². The van der Waals surface area contributed by atoms with E-state index in [1.807, 2.05) is 0 Å². The van der Waals surface area contributed by atoms with Crippen LogP contribution in [0.4, 0.5) is 0 Å².